The van der Waals surface area contributed by atoms with Crippen LogP contribution in [0, 0.1) is 6.92 Å². The van der Waals surface area contributed by atoms with Crippen molar-refractivity contribution in [2.24, 2.45) is 0 Å². The molecule has 0 spiro atoms. The monoisotopic (exact) mass is 295 g/mol. The van der Waals surface area contributed by atoms with Crippen LogP contribution in [0.1, 0.15) is 17.2 Å². The van der Waals surface area contributed by atoms with Crippen LogP contribution in [-0.4, -0.2) is 39.6 Å². The Bertz CT molecular complexity index is 800. The first-order valence-corrected chi connectivity index (χ1v) is 7.39. The normalized spacial score (nSPS) is 18.8. The molecular weight excluding hydrogens is 278 g/mol. The molecule has 4 rings (SSSR count). The molecule has 3 heterocycles. The third-order valence-corrected chi connectivity index (χ3v) is 4.10. The lowest BCUT2D eigenvalue weighted by atomic mass is 10.0. The van der Waals surface area contributed by atoms with E-state index in [-0.39, 0.29) is 6.10 Å². The van der Waals surface area contributed by atoms with Gasteiger partial charge in [0.25, 0.3) is 0 Å². The zero-order chi connectivity index (χ0) is 14.9. The van der Waals surface area contributed by atoms with Crippen molar-refractivity contribution in [1.29, 1.82) is 0 Å². The van der Waals surface area contributed by atoms with Crippen LogP contribution in [0.25, 0.3) is 11.2 Å². The quantitative estimate of drug-likeness (QED) is 0.785. The molecule has 0 aliphatic carbocycles. The van der Waals surface area contributed by atoms with Gasteiger partial charge >= 0.3 is 0 Å². The highest BCUT2D eigenvalue weighted by Crippen LogP contribution is 2.29. The van der Waals surface area contributed by atoms with Crippen LogP contribution in [0.5, 0.6) is 0 Å². The minimum absolute atomic E-state index is 0.0582. The summed E-state index contributed by atoms with van der Waals surface area (Å²) in [4.78, 5) is 18.2. The molecule has 1 N–H and O–H groups in total. The Morgan fingerprint density at radius 1 is 1.23 bits per heavy atom. The van der Waals surface area contributed by atoms with Crippen LogP contribution in [0.15, 0.2) is 36.9 Å². The van der Waals surface area contributed by atoms with Gasteiger partial charge in [-0.15, -0.1) is 0 Å². The molecule has 22 heavy (non-hydrogen) atoms. The van der Waals surface area contributed by atoms with Crippen LogP contribution in [0.4, 0.5) is 5.82 Å². The number of imidazole rings is 1. The summed E-state index contributed by atoms with van der Waals surface area (Å²) >= 11 is 0. The summed E-state index contributed by atoms with van der Waals surface area (Å²) in [7, 11) is 0. The van der Waals surface area contributed by atoms with E-state index in [2.05, 4.69) is 56.0 Å². The molecule has 0 radical (unpaired) electrons. The maximum atomic E-state index is 5.98. The van der Waals surface area contributed by atoms with Gasteiger partial charge in [0.1, 0.15) is 17.9 Å². The SMILES string of the molecule is Cc1ccccc1C1CN(c2ncnc3nc[nH]c23)CCO1. The molecule has 6 nitrogen and oxygen atoms in total. The Balaban J connectivity index is 1.67. The zero-order valence-electron chi connectivity index (χ0n) is 12.4. The fourth-order valence-electron chi connectivity index (χ4n) is 2.97. The maximum Gasteiger partial charge on any atom is 0.182 e. The van der Waals surface area contributed by atoms with Gasteiger partial charge < -0.3 is 14.6 Å². The van der Waals surface area contributed by atoms with E-state index in [4.69, 9.17) is 4.74 Å². The summed E-state index contributed by atoms with van der Waals surface area (Å²) in [5, 5.41) is 0. The van der Waals surface area contributed by atoms with E-state index in [1.165, 1.54) is 11.1 Å². The molecule has 0 bridgehead atoms. The van der Waals surface area contributed by atoms with Crippen molar-refractivity contribution < 1.29 is 4.74 Å². The lowest BCUT2D eigenvalue weighted by molar-refractivity contribution is 0.0392. The minimum Gasteiger partial charge on any atom is -0.370 e. The predicted octanol–water partition coefficient (Wildman–Crippen LogP) is 2.24. The Labute approximate surface area is 128 Å². The van der Waals surface area contributed by atoms with Crippen LogP contribution in [0.2, 0.25) is 0 Å². The number of morpholine rings is 1. The van der Waals surface area contributed by atoms with E-state index in [1.54, 1.807) is 12.7 Å². The molecular formula is C16H17N5O. The lowest BCUT2D eigenvalue weighted by Gasteiger charge is -2.34. The second-order valence-corrected chi connectivity index (χ2v) is 5.46. The zero-order valence-corrected chi connectivity index (χ0v) is 12.4. The molecule has 1 fully saturated rings. The fraction of sp³-hybridized carbons (Fsp3) is 0.312. The molecule has 3 aromatic rings. The van der Waals surface area contributed by atoms with Crippen LogP contribution >= 0.6 is 0 Å². The first kappa shape index (κ1) is 13.2. The largest absolute Gasteiger partial charge is 0.370 e. The topological polar surface area (TPSA) is 66.9 Å². The van der Waals surface area contributed by atoms with Gasteiger partial charge in [-0.1, -0.05) is 24.3 Å². The molecule has 1 atom stereocenters. The van der Waals surface area contributed by atoms with Crippen LogP contribution in [-0.2, 0) is 4.74 Å². The van der Waals surface area contributed by atoms with Crippen molar-refractivity contribution in [3.05, 3.63) is 48.0 Å². The molecule has 0 amide bonds. The van der Waals surface area contributed by atoms with E-state index in [0.717, 1.165) is 24.4 Å². The van der Waals surface area contributed by atoms with Crippen molar-refractivity contribution >= 4 is 17.0 Å². The minimum atomic E-state index is 0.0582. The summed E-state index contributed by atoms with van der Waals surface area (Å²) in [6.45, 7) is 4.39. The Kier molecular flexibility index (Phi) is 3.23. The summed E-state index contributed by atoms with van der Waals surface area (Å²) in [5.74, 6) is 0.893. The number of aryl methyl sites for hydroxylation is 1. The number of ether oxygens (including phenoxy) is 1. The Hall–Kier alpha value is -2.47. The highest BCUT2D eigenvalue weighted by Gasteiger charge is 2.25. The average Bonchev–Trinajstić information content (AvgIpc) is 3.04. The van der Waals surface area contributed by atoms with Gasteiger partial charge in [0.2, 0.25) is 0 Å². The second-order valence-electron chi connectivity index (χ2n) is 5.46. The number of H-pyrrole nitrogens is 1. The van der Waals surface area contributed by atoms with E-state index >= 15 is 0 Å². The van der Waals surface area contributed by atoms with E-state index in [1.807, 2.05) is 0 Å². The van der Waals surface area contributed by atoms with E-state index in [9.17, 15) is 0 Å². The predicted molar refractivity (Wildman–Crippen MR) is 83.8 cm³/mol. The number of benzene rings is 1. The van der Waals surface area contributed by atoms with Crippen molar-refractivity contribution in [3.8, 4) is 0 Å². The van der Waals surface area contributed by atoms with Gasteiger partial charge in [0.05, 0.1) is 12.9 Å². The first-order valence-electron chi connectivity index (χ1n) is 7.39. The Morgan fingerprint density at radius 2 is 2.14 bits per heavy atom. The van der Waals surface area contributed by atoms with Crippen molar-refractivity contribution in [2.75, 3.05) is 24.6 Å². The Morgan fingerprint density at radius 3 is 3.05 bits per heavy atom. The second kappa shape index (κ2) is 5.38. The molecule has 1 aliphatic heterocycles. The maximum absolute atomic E-state index is 5.98. The average molecular weight is 295 g/mol. The number of hydrogen-bond acceptors (Lipinski definition) is 5. The summed E-state index contributed by atoms with van der Waals surface area (Å²) in [5.41, 5.74) is 4.07. The van der Waals surface area contributed by atoms with Crippen LogP contribution in [0.3, 0.4) is 0 Å². The third kappa shape index (κ3) is 2.21. The van der Waals surface area contributed by atoms with Crippen molar-refractivity contribution in [2.45, 2.75) is 13.0 Å². The van der Waals surface area contributed by atoms with Crippen molar-refractivity contribution in [1.82, 2.24) is 19.9 Å². The summed E-state index contributed by atoms with van der Waals surface area (Å²) < 4.78 is 5.98. The smallest absolute Gasteiger partial charge is 0.182 e. The molecule has 1 unspecified atom stereocenters. The van der Waals surface area contributed by atoms with E-state index < -0.39 is 0 Å². The number of fused-ring (bicyclic) bond motifs is 1. The fourth-order valence-corrected chi connectivity index (χ4v) is 2.97. The van der Waals surface area contributed by atoms with E-state index in [0.29, 0.717) is 12.3 Å². The third-order valence-electron chi connectivity index (χ3n) is 4.10. The summed E-state index contributed by atoms with van der Waals surface area (Å²) in [6.07, 6.45) is 3.28. The van der Waals surface area contributed by atoms with Gasteiger partial charge in [-0.05, 0) is 18.1 Å². The molecule has 0 saturated carbocycles. The number of rotatable bonds is 2. The van der Waals surface area contributed by atoms with Crippen LogP contribution < -0.4 is 4.90 Å². The van der Waals surface area contributed by atoms with Crippen molar-refractivity contribution in [3.63, 3.8) is 0 Å². The number of aromatic amines is 1. The van der Waals surface area contributed by atoms with Gasteiger partial charge in [0.15, 0.2) is 11.5 Å². The number of nitrogens with zero attached hydrogens (tertiary/aromatic N) is 4. The lowest BCUT2D eigenvalue weighted by Crippen LogP contribution is -2.39. The number of hydrogen-bond donors (Lipinski definition) is 1. The highest BCUT2D eigenvalue weighted by molar-refractivity contribution is 5.82. The number of aromatic nitrogens is 4. The molecule has 112 valence electrons. The van der Waals surface area contributed by atoms with Gasteiger partial charge in [-0.2, -0.15) is 0 Å². The van der Waals surface area contributed by atoms with Gasteiger partial charge in [0, 0.05) is 13.1 Å². The molecule has 2 aromatic heterocycles. The standard InChI is InChI=1S/C16H17N5O/c1-11-4-2-3-5-12(11)13-8-21(6-7-22-13)16-14-15(18-9-17-14)19-10-20-16/h2-5,9-10,13H,6-8H2,1H3,(H,17,18,19,20). The molecule has 1 saturated heterocycles. The highest BCUT2D eigenvalue weighted by atomic mass is 16.5. The molecule has 6 heteroatoms. The number of nitrogens with one attached hydrogen (secondary N) is 1. The molecule has 1 aromatic carbocycles. The number of anilines is 1. The summed E-state index contributed by atoms with van der Waals surface area (Å²) in [6, 6.07) is 8.37. The molecule has 1 aliphatic rings. The van der Waals surface area contributed by atoms with Gasteiger partial charge in [-0.25, -0.2) is 15.0 Å². The van der Waals surface area contributed by atoms with Gasteiger partial charge in [-0.3, -0.25) is 0 Å². The first-order chi connectivity index (χ1) is 10.8.